The molecule has 1 aliphatic heterocycles. The number of piperazine rings is 1. The molecule has 1 aliphatic rings. The third-order valence-corrected chi connectivity index (χ3v) is 3.46. The number of ether oxygens (including phenoxy) is 1. The van der Waals surface area contributed by atoms with Gasteiger partial charge in [0.05, 0.1) is 6.54 Å². The maximum Gasteiger partial charge on any atom is 0.415 e. The molecule has 1 amide bonds. The van der Waals surface area contributed by atoms with E-state index in [1.165, 1.54) is 0 Å². The summed E-state index contributed by atoms with van der Waals surface area (Å²) in [5.41, 5.74) is 0.857. The molecule has 0 radical (unpaired) electrons. The molecule has 19 heavy (non-hydrogen) atoms. The van der Waals surface area contributed by atoms with Crippen LogP contribution in [0.1, 0.15) is 5.56 Å². The zero-order chi connectivity index (χ0) is 13.7. The van der Waals surface area contributed by atoms with Crippen LogP contribution in [0.25, 0.3) is 0 Å². The minimum absolute atomic E-state index is 0.0179. The molecule has 7 heteroatoms. The summed E-state index contributed by atoms with van der Waals surface area (Å²) in [6.07, 6.45) is -0.635. The second-order valence-electron chi connectivity index (χ2n) is 4.00. The molecule has 1 saturated heterocycles. The Morgan fingerprint density at radius 2 is 2.05 bits per heavy atom. The minimum atomic E-state index is -2.42. The lowest BCUT2D eigenvalue weighted by Gasteiger charge is -2.26. The van der Waals surface area contributed by atoms with Crippen LogP contribution in [-0.4, -0.2) is 44.0 Å². The summed E-state index contributed by atoms with van der Waals surface area (Å²) in [5, 5.41) is 2.90. The molecular weight excluding hydrogens is 268 g/mol. The van der Waals surface area contributed by atoms with Crippen LogP contribution in [0.15, 0.2) is 30.3 Å². The first-order valence-corrected chi connectivity index (χ1v) is 6.90. The molecule has 0 spiro atoms. The first kappa shape index (κ1) is 13.6. The van der Waals surface area contributed by atoms with E-state index in [-0.39, 0.29) is 24.7 Å². The van der Waals surface area contributed by atoms with Crippen LogP contribution >= 0.6 is 0 Å². The van der Waals surface area contributed by atoms with Gasteiger partial charge in [0.1, 0.15) is 6.61 Å². The van der Waals surface area contributed by atoms with Crippen molar-refractivity contribution in [1.82, 2.24) is 10.2 Å². The quantitative estimate of drug-likeness (QED) is 0.786. The van der Waals surface area contributed by atoms with Crippen LogP contribution in [0.5, 0.6) is 0 Å². The fourth-order valence-corrected chi connectivity index (χ4v) is 2.31. The van der Waals surface area contributed by atoms with Crippen molar-refractivity contribution in [2.75, 3.05) is 19.6 Å². The van der Waals surface area contributed by atoms with Crippen LogP contribution in [0.4, 0.5) is 4.79 Å². The molecule has 0 aliphatic carbocycles. The SMILES string of the molecule is O=C(OCc1ccccc1)N1CCNCC1=S(=O)=O. The summed E-state index contributed by atoms with van der Waals surface area (Å²) in [6.45, 7) is 1.11. The van der Waals surface area contributed by atoms with Gasteiger partial charge in [-0.05, 0) is 5.56 Å². The van der Waals surface area contributed by atoms with Gasteiger partial charge in [0.25, 0.3) is 0 Å². The van der Waals surface area contributed by atoms with Crippen molar-refractivity contribution in [1.29, 1.82) is 0 Å². The van der Waals surface area contributed by atoms with Crippen molar-refractivity contribution in [3.63, 3.8) is 0 Å². The van der Waals surface area contributed by atoms with Crippen LogP contribution < -0.4 is 5.32 Å². The van der Waals surface area contributed by atoms with Crippen molar-refractivity contribution in [3.05, 3.63) is 35.9 Å². The molecule has 1 aromatic carbocycles. The van der Waals surface area contributed by atoms with E-state index in [1.807, 2.05) is 30.3 Å². The van der Waals surface area contributed by atoms with Crippen LogP contribution in [0.2, 0.25) is 0 Å². The second kappa shape index (κ2) is 6.35. The topological polar surface area (TPSA) is 75.7 Å². The fraction of sp³-hybridized carbons (Fsp3) is 0.333. The molecule has 6 nitrogen and oxygen atoms in total. The van der Waals surface area contributed by atoms with Crippen molar-refractivity contribution in [2.24, 2.45) is 0 Å². The van der Waals surface area contributed by atoms with E-state index >= 15 is 0 Å². The third-order valence-electron chi connectivity index (χ3n) is 2.71. The summed E-state index contributed by atoms with van der Waals surface area (Å²) in [4.78, 5) is 13.0. The fourth-order valence-electron chi connectivity index (χ4n) is 1.75. The minimum Gasteiger partial charge on any atom is -0.444 e. The number of nitrogens with zero attached hydrogens (tertiary/aromatic N) is 1. The Balaban J connectivity index is 2.01. The van der Waals surface area contributed by atoms with Crippen LogP contribution in [0, 0.1) is 0 Å². The Bertz CT molecular complexity index is 575. The number of benzene rings is 1. The molecule has 1 fully saturated rings. The number of hydrogen-bond donors (Lipinski definition) is 1. The van der Waals surface area contributed by atoms with E-state index in [0.717, 1.165) is 10.5 Å². The highest BCUT2D eigenvalue weighted by molar-refractivity contribution is 7.73. The molecule has 2 rings (SSSR count). The summed E-state index contributed by atoms with van der Waals surface area (Å²) >= 11 is 0. The number of carbonyl (C=O) groups is 1. The molecule has 0 saturated carbocycles. The van der Waals surface area contributed by atoms with Gasteiger partial charge in [-0.15, -0.1) is 0 Å². The van der Waals surface area contributed by atoms with Gasteiger partial charge in [-0.25, -0.2) is 4.79 Å². The highest BCUT2D eigenvalue weighted by Crippen LogP contribution is 2.05. The molecule has 0 unspecified atom stereocenters. The highest BCUT2D eigenvalue weighted by Gasteiger charge is 2.25. The predicted octanol–water partition coefficient (Wildman–Crippen LogP) is 0.237. The van der Waals surface area contributed by atoms with Gasteiger partial charge in [-0.3, -0.25) is 4.90 Å². The number of carbonyl (C=O) groups excluding carboxylic acids is 1. The zero-order valence-electron chi connectivity index (χ0n) is 10.2. The molecule has 1 N–H and O–H groups in total. The van der Waals surface area contributed by atoms with Crippen LogP contribution in [-0.2, 0) is 21.6 Å². The van der Waals surface area contributed by atoms with Crippen molar-refractivity contribution in [2.45, 2.75) is 6.61 Å². The van der Waals surface area contributed by atoms with E-state index in [4.69, 9.17) is 4.74 Å². The van der Waals surface area contributed by atoms with E-state index in [1.54, 1.807) is 0 Å². The van der Waals surface area contributed by atoms with Gasteiger partial charge in [0, 0.05) is 13.1 Å². The normalized spacial score (nSPS) is 15.2. The van der Waals surface area contributed by atoms with E-state index in [9.17, 15) is 13.2 Å². The average Bonchev–Trinajstić information content (AvgIpc) is 2.46. The number of hydrogen-bond acceptors (Lipinski definition) is 5. The lowest BCUT2D eigenvalue weighted by molar-refractivity contribution is 0.115. The van der Waals surface area contributed by atoms with Crippen molar-refractivity contribution < 1.29 is 17.9 Å². The maximum atomic E-state index is 11.9. The molecule has 0 aromatic heterocycles. The highest BCUT2D eigenvalue weighted by atomic mass is 32.2. The largest absolute Gasteiger partial charge is 0.444 e. The third kappa shape index (κ3) is 3.55. The lowest BCUT2D eigenvalue weighted by Crippen LogP contribution is -2.51. The van der Waals surface area contributed by atoms with Gasteiger partial charge in [0.2, 0.25) is 10.3 Å². The zero-order valence-corrected chi connectivity index (χ0v) is 11.0. The average molecular weight is 282 g/mol. The lowest BCUT2D eigenvalue weighted by atomic mass is 10.2. The number of nitrogens with one attached hydrogen (secondary N) is 1. The van der Waals surface area contributed by atoms with Crippen molar-refractivity contribution >= 4 is 21.4 Å². The Hall–Kier alpha value is -1.86. The Morgan fingerprint density at radius 3 is 2.74 bits per heavy atom. The monoisotopic (exact) mass is 282 g/mol. The molecular formula is C12H14N2O4S. The Kier molecular flexibility index (Phi) is 4.53. The van der Waals surface area contributed by atoms with E-state index in [2.05, 4.69) is 5.32 Å². The van der Waals surface area contributed by atoms with Gasteiger partial charge in [-0.2, -0.15) is 8.42 Å². The van der Waals surface area contributed by atoms with E-state index < -0.39 is 16.4 Å². The second-order valence-corrected chi connectivity index (χ2v) is 4.94. The van der Waals surface area contributed by atoms with Crippen LogP contribution in [0.3, 0.4) is 0 Å². The molecule has 0 atom stereocenters. The predicted molar refractivity (Wildman–Crippen MR) is 70.1 cm³/mol. The smallest absolute Gasteiger partial charge is 0.415 e. The molecule has 102 valence electrons. The first-order valence-electron chi connectivity index (χ1n) is 5.82. The maximum absolute atomic E-state index is 11.9. The van der Waals surface area contributed by atoms with Gasteiger partial charge in [-0.1, -0.05) is 30.3 Å². The summed E-state index contributed by atoms with van der Waals surface area (Å²) in [6, 6.07) is 9.23. The molecule has 1 heterocycles. The number of amides is 1. The summed E-state index contributed by atoms with van der Waals surface area (Å²) in [7, 11) is -2.42. The molecule has 0 bridgehead atoms. The summed E-state index contributed by atoms with van der Waals surface area (Å²) in [5.74, 6) is 0. The van der Waals surface area contributed by atoms with Gasteiger partial charge in [0.15, 0.2) is 4.99 Å². The van der Waals surface area contributed by atoms with Crippen molar-refractivity contribution in [3.8, 4) is 0 Å². The standard InChI is InChI=1S/C12H14N2O4S/c15-12(18-9-10-4-2-1-3-5-10)14-7-6-13-8-11(14)19(16)17/h1-5,13H,6-9H2. The Morgan fingerprint density at radius 1 is 1.32 bits per heavy atom. The number of rotatable bonds is 2. The summed E-state index contributed by atoms with van der Waals surface area (Å²) < 4.78 is 27.1. The molecule has 1 aromatic rings. The van der Waals surface area contributed by atoms with Gasteiger partial charge < -0.3 is 10.1 Å². The Labute approximate surface area is 112 Å². The van der Waals surface area contributed by atoms with E-state index in [0.29, 0.717) is 6.54 Å². The van der Waals surface area contributed by atoms with Gasteiger partial charge >= 0.3 is 6.09 Å². The first-order chi connectivity index (χ1) is 9.18.